The van der Waals surface area contributed by atoms with E-state index >= 15 is 0 Å². The van der Waals surface area contributed by atoms with Crippen LogP contribution in [0.5, 0.6) is 0 Å². The lowest BCUT2D eigenvalue weighted by Gasteiger charge is -2.30. The standard InChI is InChI=1S/C49H97N2O6P/c1-6-8-10-12-14-16-18-20-22-23-24-25-26-27-29-31-33-35-37-39-41-43-49(53)50-47(46-57-58(54,55)56-45-44-51(3,4)5)48(52)42-40-38-36-34-32-30-28-21-19-17-15-13-11-9-7-2/h18,20,23-24,47-48,52H,6-17,19,21-22,25-46H2,1-5H3,(H-,50,53,54,55)/b20-18-,24-23-. The molecule has 0 spiro atoms. The Balaban J connectivity index is 4.27. The Labute approximate surface area is 360 Å². The molecule has 0 bridgehead atoms. The fraction of sp³-hybridized carbons (Fsp3) is 0.898. The molecule has 0 heterocycles. The minimum Gasteiger partial charge on any atom is -0.756 e. The van der Waals surface area contributed by atoms with Crippen LogP contribution < -0.4 is 10.2 Å². The Morgan fingerprint density at radius 1 is 0.603 bits per heavy atom. The van der Waals surface area contributed by atoms with Crippen molar-refractivity contribution in [2.24, 2.45) is 0 Å². The third kappa shape index (κ3) is 43.1. The van der Waals surface area contributed by atoms with E-state index in [1.165, 1.54) is 161 Å². The largest absolute Gasteiger partial charge is 0.756 e. The molecule has 0 aliphatic carbocycles. The molecule has 0 saturated carbocycles. The number of amides is 1. The monoisotopic (exact) mass is 841 g/mol. The molecule has 0 saturated heterocycles. The van der Waals surface area contributed by atoms with Crippen LogP contribution in [-0.2, 0) is 18.4 Å². The molecular formula is C49H97N2O6P. The minimum atomic E-state index is -4.57. The molecule has 0 aliphatic heterocycles. The zero-order valence-corrected chi connectivity index (χ0v) is 39.9. The van der Waals surface area contributed by atoms with Crippen molar-refractivity contribution in [1.29, 1.82) is 0 Å². The van der Waals surface area contributed by atoms with E-state index in [1.54, 1.807) is 0 Å². The molecular weight excluding hydrogens is 744 g/mol. The second-order valence-electron chi connectivity index (χ2n) is 18.2. The maximum Gasteiger partial charge on any atom is 0.268 e. The molecule has 0 radical (unpaired) electrons. The summed E-state index contributed by atoms with van der Waals surface area (Å²) in [4.78, 5) is 25.4. The third-order valence-corrected chi connectivity index (χ3v) is 12.2. The number of aliphatic hydroxyl groups is 1. The van der Waals surface area contributed by atoms with Gasteiger partial charge in [-0.1, -0.05) is 205 Å². The molecule has 9 heteroatoms. The maximum atomic E-state index is 12.9. The maximum absolute atomic E-state index is 12.9. The summed E-state index contributed by atoms with van der Waals surface area (Å²) in [6.45, 7) is 4.72. The summed E-state index contributed by atoms with van der Waals surface area (Å²) >= 11 is 0. The zero-order chi connectivity index (χ0) is 42.8. The van der Waals surface area contributed by atoms with Gasteiger partial charge in [0.2, 0.25) is 5.91 Å². The van der Waals surface area contributed by atoms with Crippen molar-refractivity contribution in [3.63, 3.8) is 0 Å². The molecule has 3 unspecified atom stereocenters. The number of unbranched alkanes of at least 4 members (excludes halogenated alkanes) is 28. The number of hydrogen-bond acceptors (Lipinski definition) is 6. The van der Waals surface area contributed by atoms with Crippen molar-refractivity contribution in [2.75, 3.05) is 40.9 Å². The van der Waals surface area contributed by atoms with Crippen LogP contribution >= 0.6 is 7.82 Å². The summed E-state index contributed by atoms with van der Waals surface area (Å²) in [6, 6.07) is -0.800. The van der Waals surface area contributed by atoms with Crippen LogP contribution in [-0.4, -0.2) is 68.5 Å². The predicted molar refractivity (Wildman–Crippen MR) is 247 cm³/mol. The Hall–Kier alpha value is -1.02. The van der Waals surface area contributed by atoms with Crippen molar-refractivity contribution in [2.45, 2.75) is 244 Å². The van der Waals surface area contributed by atoms with Gasteiger partial charge in [0.25, 0.3) is 7.82 Å². The molecule has 0 aromatic rings. The van der Waals surface area contributed by atoms with Gasteiger partial charge < -0.3 is 28.8 Å². The zero-order valence-electron chi connectivity index (χ0n) is 39.0. The first kappa shape index (κ1) is 57.0. The first-order valence-electron chi connectivity index (χ1n) is 24.7. The lowest BCUT2D eigenvalue weighted by Crippen LogP contribution is -2.46. The Bertz CT molecular complexity index is 1000. The Morgan fingerprint density at radius 2 is 1.00 bits per heavy atom. The summed E-state index contributed by atoms with van der Waals surface area (Å²) < 4.78 is 23.3. The second-order valence-corrected chi connectivity index (χ2v) is 19.6. The van der Waals surface area contributed by atoms with Gasteiger partial charge in [-0.15, -0.1) is 0 Å². The molecule has 344 valence electrons. The molecule has 3 atom stereocenters. The SMILES string of the molecule is CCCCCCC/C=C\C/C=C\CCCCCCCCCCCC(=O)NC(COP(=O)([O-])OCC[N+](C)(C)C)C(O)CCCCCCCCCCCCCCCCC. The highest BCUT2D eigenvalue weighted by molar-refractivity contribution is 7.45. The van der Waals surface area contributed by atoms with E-state index in [-0.39, 0.29) is 19.1 Å². The van der Waals surface area contributed by atoms with Crippen LogP contribution in [0, 0.1) is 0 Å². The number of hydrogen-bond donors (Lipinski definition) is 2. The van der Waals surface area contributed by atoms with E-state index in [0.29, 0.717) is 23.9 Å². The number of phosphoric acid groups is 1. The van der Waals surface area contributed by atoms with E-state index < -0.39 is 20.0 Å². The van der Waals surface area contributed by atoms with Crippen molar-refractivity contribution in [3.05, 3.63) is 24.3 Å². The highest BCUT2D eigenvalue weighted by atomic mass is 31.2. The van der Waals surface area contributed by atoms with E-state index in [9.17, 15) is 19.4 Å². The van der Waals surface area contributed by atoms with Gasteiger partial charge in [0, 0.05) is 6.42 Å². The molecule has 2 N–H and O–H groups in total. The molecule has 8 nitrogen and oxygen atoms in total. The highest BCUT2D eigenvalue weighted by Crippen LogP contribution is 2.38. The number of allylic oxidation sites excluding steroid dienone is 4. The lowest BCUT2D eigenvalue weighted by molar-refractivity contribution is -0.870. The van der Waals surface area contributed by atoms with Crippen LogP contribution in [0.4, 0.5) is 0 Å². The number of likely N-dealkylation sites (N-methyl/N-ethyl adjacent to an activating group) is 1. The predicted octanol–water partition coefficient (Wildman–Crippen LogP) is 13.5. The van der Waals surface area contributed by atoms with E-state index in [4.69, 9.17) is 9.05 Å². The minimum absolute atomic E-state index is 0.0121. The number of carbonyl (C=O) groups excluding carboxylic acids is 1. The summed E-state index contributed by atoms with van der Waals surface area (Å²) in [5.74, 6) is -0.168. The molecule has 58 heavy (non-hydrogen) atoms. The average molecular weight is 841 g/mol. The average Bonchev–Trinajstić information content (AvgIpc) is 3.17. The van der Waals surface area contributed by atoms with Crippen LogP contribution in [0.15, 0.2) is 24.3 Å². The molecule has 0 aromatic carbocycles. The number of quaternary nitrogens is 1. The summed E-state index contributed by atoms with van der Waals surface area (Å²) in [5, 5.41) is 13.9. The second kappa shape index (κ2) is 41.3. The van der Waals surface area contributed by atoms with Gasteiger partial charge >= 0.3 is 0 Å². The molecule has 0 rings (SSSR count). The topological polar surface area (TPSA) is 108 Å². The lowest BCUT2D eigenvalue weighted by atomic mass is 10.0. The van der Waals surface area contributed by atoms with E-state index in [1.807, 2.05) is 21.1 Å². The first-order chi connectivity index (χ1) is 28.0. The Morgan fingerprint density at radius 3 is 1.43 bits per heavy atom. The van der Waals surface area contributed by atoms with Gasteiger partial charge in [-0.25, -0.2) is 0 Å². The van der Waals surface area contributed by atoms with Crippen LogP contribution in [0.1, 0.15) is 232 Å². The van der Waals surface area contributed by atoms with Crippen molar-refractivity contribution >= 4 is 13.7 Å². The number of rotatable bonds is 45. The summed E-state index contributed by atoms with van der Waals surface area (Å²) in [7, 11) is 1.31. The van der Waals surface area contributed by atoms with Gasteiger partial charge in [0.15, 0.2) is 0 Å². The third-order valence-electron chi connectivity index (χ3n) is 11.2. The van der Waals surface area contributed by atoms with Gasteiger partial charge in [-0.05, 0) is 44.9 Å². The molecule has 0 fully saturated rings. The van der Waals surface area contributed by atoms with Crippen molar-refractivity contribution < 1.29 is 32.9 Å². The van der Waals surface area contributed by atoms with E-state index in [0.717, 1.165) is 44.9 Å². The quantitative estimate of drug-likeness (QED) is 0.0274. The fourth-order valence-corrected chi connectivity index (χ4v) is 7.97. The van der Waals surface area contributed by atoms with Crippen LogP contribution in [0.3, 0.4) is 0 Å². The molecule has 0 aliphatic rings. The van der Waals surface area contributed by atoms with Crippen molar-refractivity contribution in [3.8, 4) is 0 Å². The summed E-state index contributed by atoms with van der Waals surface area (Å²) in [5.41, 5.74) is 0. The smallest absolute Gasteiger partial charge is 0.268 e. The van der Waals surface area contributed by atoms with Gasteiger partial charge in [0.1, 0.15) is 13.2 Å². The van der Waals surface area contributed by atoms with Gasteiger partial charge in [-0.3, -0.25) is 9.36 Å². The fourth-order valence-electron chi connectivity index (χ4n) is 7.25. The normalized spacial score (nSPS) is 14.4. The Kier molecular flexibility index (Phi) is 40.6. The van der Waals surface area contributed by atoms with Gasteiger partial charge in [0.05, 0.1) is 39.9 Å². The highest BCUT2D eigenvalue weighted by Gasteiger charge is 2.24. The molecule has 1 amide bonds. The number of nitrogens with zero attached hydrogens (tertiary/aromatic N) is 1. The first-order valence-corrected chi connectivity index (χ1v) is 26.1. The van der Waals surface area contributed by atoms with Crippen LogP contribution in [0.25, 0.3) is 0 Å². The summed E-state index contributed by atoms with van der Waals surface area (Å²) in [6.07, 6.45) is 48.9. The van der Waals surface area contributed by atoms with Gasteiger partial charge in [-0.2, -0.15) is 0 Å². The van der Waals surface area contributed by atoms with Crippen molar-refractivity contribution in [1.82, 2.24) is 5.32 Å². The van der Waals surface area contributed by atoms with Crippen LogP contribution in [0.2, 0.25) is 0 Å². The number of nitrogens with one attached hydrogen (secondary N) is 1. The number of carbonyl (C=O) groups is 1. The number of phosphoric ester groups is 1. The van der Waals surface area contributed by atoms with E-state index in [2.05, 4.69) is 43.5 Å². The molecule has 0 aromatic heterocycles. The number of aliphatic hydroxyl groups excluding tert-OH is 1.